The Kier molecular flexibility index (Phi) is 2.50. The third kappa shape index (κ3) is 1.93. The van der Waals surface area contributed by atoms with E-state index in [0.717, 1.165) is 16.6 Å². The molecule has 0 saturated carbocycles. The maximum Gasteiger partial charge on any atom is 0.191 e. The van der Waals surface area contributed by atoms with Crippen LogP contribution in [0.1, 0.15) is 5.69 Å². The van der Waals surface area contributed by atoms with Gasteiger partial charge < -0.3 is 0 Å². The lowest BCUT2D eigenvalue weighted by atomic mass is 10.2. The highest BCUT2D eigenvalue weighted by Gasteiger charge is 2.00. The van der Waals surface area contributed by atoms with Crippen molar-refractivity contribution in [3.05, 3.63) is 42.1 Å². The molecule has 0 fully saturated rings. The van der Waals surface area contributed by atoms with Gasteiger partial charge in [-0.05, 0) is 12.1 Å². The minimum atomic E-state index is -0.159. The zero-order chi connectivity index (χ0) is 9.97. The molecule has 0 aliphatic carbocycles. The van der Waals surface area contributed by atoms with Crippen LogP contribution < -0.4 is 0 Å². The van der Waals surface area contributed by atoms with Gasteiger partial charge in [-0.2, -0.15) is 0 Å². The highest BCUT2D eigenvalue weighted by atomic mass is 32.1. The molecule has 14 heavy (non-hydrogen) atoms. The lowest BCUT2D eigenvalue weighted by Gasteiger charge is -1.99. The second-order valence-corrected chi connectivity index (χ2v) is 3.56. The summed E-state index contributed by atoms with van der Waals surface area (Å²) < 4.78 is 0. The highest BCUT2D eigenvalue weighted by molar-refractivity contribution is 7.96. The molecule has 1 heterocycles. The van der Waals surface area contributed by atoms with Crippen LogP contribution in [-0.4, -0.2) is 10.1 Å². The van der Waals surface area contributed by atoms with Gasteiger partial charge in [0.25, 0.3) is 0 Å². The van der Waals surface area contributed by atoms with Crippen LogP contribution >= 0.6 is 12.6 Å². The van der Waals surface area contributed by atoms with E-state index in [1.165, 1.54) is 0 Å². The largest absolute Gasteiger partial charge is 0.287 e. The molecule has 0 aliphatic heterocycles. The second kappa shape index (κ2) is 3.80. The first-order valence-electron chi connectivity index (χ1n) is 4.32. The van der Waals surface area contributed by atoms with Gasteiger partial charge in [0, 0.05) is 11.1 Å². The molecule has 70 valence electrons. The van der Waals surface area contributed by atoms with Gasteiger partial charge in [-0.15, -0.1) is 12.6 Å². The molecule has 0 unspecified atom stereocenters. The van der Waals surface area contributed by atoms with Crippen LogP contribution in [0.25, 0.3) is 10.9 Å². The van der Waals surface area contributed by atoms with Crippen LogP contribution in [0.2, 0.25) is 0 Å². The van der Waals surface area contributed by atoms with Crippen molar-refractivity contribution >= 4 is 28.6 Å². The molecule has 2 aromatic rings. The molecule has 1 aromatic heterocycles. The van der Waals surface area contributed by atoms with Gasteiger partial charge in [0.15, 0.2) is 5.12 Å². The van der Waals surface area contributed by atoms with Crippen LogP contribution in [-0.2, 0) is 11.2 Å². The first kappa shape index (κ1) is 9.21. The second-order valence-electron chi connectivity index (χ2n) is 3.07. The van der Waals surface area contributed by atoms with Crippen molar-refractivity contribution in [1.82, 2.24) is 4.98 Å². The van der Waals surface area contributed by atoms with E-state index in [9.17, 15) is 4.79 Å². The minimum absolute atomic E-state index is 0.159. The number of pyridine rings is 1. The normalized spacial score (nSPS) is 10.4. The maximum absolute atomic E-state index is 10.8. The number of carbonyl (C=O) groups excluding carboxylic acids is 1. The fourth-order valence-corrected chi connectivity index (χ4v) is 1.52. The van der Waals surface area contributed by atoms with Crippen molar-refractivity contribution < 1.29 is 4.79 Å². The molecule has 0 saturated heterocycles. The van der Waals surface area contributed by atoms with E-state index in [-0.39, 0.29) is 11.5 Å². The Bertz CT molecular complexity index is 481. The number of fused-ring (bicyclic) bond motifs is 1. The Hall–Kier alpha value is -1.35. The molecule has 0 N–H and O–H groups in total. The van der Waals surface area contributed by atoms with Gasteiger partial charge >= 0.3 is 0 Å². The molecule has 2 rings (SSSR count). The first-order valence-corrected chi connectivity index (χ1v) is 4.77. The molecular formula is C11H9NOS. The Balaban J connectivity index is 2.46. The van der Waals surface area contributed by atoms with Crippen molar-refractivity contribution in [2.45, 2.75) is 6.42 Å². The highest BCUT2D eigenvalue weighted by Crippen LogP contribution is 2.12. The molecule has 0 bridgehead atoms. The lowest BCUT2D eigenvalue weighted by molar-refractivity contribution is -0.110. The van der Waals surface area contributed by atoms with Crippen LogP contribution in [0.15, 0.2) is 36.4 Å². The van der Waals surface area contributed by atoms with Gasteiger partial charge in [0.2, 0.25) is 0 Å². The molecule has 0 atom stereocenters. The summed E-state index contributed by atoms with van der Waals surface area (Å²) in [6.07, 6.45) is 0.286. The molecule has 0 radical (unpaired) electrons. The van der Waals surface area contributed by atoms with Crippen LogP contribution in [0.5, 0.6) is 0 Å². The quantitative estimate of drug-likeness (QED) is 0.758. The van der Waals surface area contributed by atoms with E-state index in [4.69, 9.17) is 0 Å². The van der Waals surface area contributed by atoms with E-state index in [0.29, 0.717) is 0 Å². The summed E-state index contributed by atoms with van der Waals surface area (Å²) in [6.45, 7) is 0. The third-order valence-corrected chi connectivity index (χ3v) is 2.15. The molecule has 3 heteroatoms. The van der Waals surface area contributed by atoms with Crippen molar-refractivity contribution in [2.75, 3.05) is 0 Å². The average molecular weight is 203 g/mol. The molecule has 1 aromatic carbocycles. The van der Waals surface area contributed by atoms with Crippen molar-refractivity contribution in [2.24, 2.45) is 0 Å². The Morgan fingerprint density at radius 3 is 2.79 bits per heavy atom. The predicted molar refractivity (Wildman–Crippen MR) is 59.4 cm³/mol. The molecular weight excluding hydrogens is 194 g/mol. The summed E-state index contributed by atoms with van der Waals surface area (Å²) in [7, 11) is 0. The molecule has 2 nitrogen and oxygen atoms in total. The van der Waals surface area contributed by atoms with E-state index >= 15 is 0 Å². The Morgan fingerprint density at radius 2 is 2.00 bits per heavy atom. The van der Waals surface area contributed by atoms with E-state index in [1.54, 1.807) is 0 Å². The summed E-state index contributed by atoms with van der Waals surface area (Å²) in [5, 5.41) is 0.927. The lowest BCUT2D eigenvalue weighted by Crippen LogP contribution is -1.96. The topological polar surface area (TPSA) is 30.0 Å². The molecule has 0 amide bonds. The monoisotopic (exact) mass is 203 g/mol. The van der Waals surface area contributed by atoms with Gasteiger partial charge in [0.05, 0.1) is 11.9 Å². The van der Waals surface area contributed by atoms with E-state index in [1.807, 2.05) is 36.4 Å². The fraction of sp³-hybridized carbons (Fsp3) is 0.0909. The summed E-state index contributed by atoms with van der Waals surface area (Å²) in [5.74, 6) is 0. The number of aromatic nitrogens is 1. The van der Waals surface area contributed by atoms with Crippen LogP contribution in [0.4, 0.5) is 0 Å². The number of hydrogen-bond acceptors (Lipinski definition) is 2. The summed E-state index contributed by atoms with van der Waals surface area (Å²) in [4.78, 5) is 15.1. The first-order chi connectivity index (χ1) is 6.75. The fourth-order valence-electron chi connectivity index (χ4n) is 1.36. The Morgan fingerprint density at radius 1 is 1.21 bits per heavy atom. The van der Waals surface area contributed by atoms with Gasteiger partial charge in [-0.25, -0.2) is 0 Å². The van der Waals surface area contributed by atoms with Crippen LogP contribution in [0.3, 0.4) is 0 Å². The summed E-state index contributed by atoms with van der Waals surface area (Å²) in [6, 6.07) is 11.6. The smallest absolute Gasteiger partial charge is 0.191 e. The van der Waals surface area contributed by atoms with Gasteiger partial charge in [-0.1, -0.05) is 24.3 Å². The zero-order valence-electron chi connectivity index (χ0n) is 7.47. The number of rotatable bonds is 2. The molecule has 0 aliphatic rings. The van der Waals surface area contributed by atoms with Crippen molar-refractivity contribution in [3.63, 3.8) is 0 Å². The molecule has 0 spiro atoms. The van der Waals surface area contributed by atoms with E-state index in [2.05, 4.69) is 17.6 Å². The number of thiol groups is 1. The number of nitrogens with zero attached hydrogens (tertiary/aromatic N) is 1. The number of carbonyl (C=O) groups is 1. The minimum Gasteiger partial charge on any atom is -0.287 e. The summed E-state index contributed by atoms with van der Waals surface area (Å²) in [5.41, 5.74) is 1.68. The number of para-hydroxylation sites is 1. The average Bonchev–Trinajstić information content (AvgIpc) is 2.17. The van der Waals surface area contributed by atoms with Crippen molar-refractivity contribution in [3.8, 4) is 0 Å². The van der Waals surface area contributed by atoms with Crippen LogP contribution in [0, 0.1) is 0 Å². The third-order valence-electron chi connectivity index (χ3n) is 1.99. The summed E-state index contributed by atoms with van der Waals surface area (Å²) >= 11 is 3.72. The SMILES string of the molecule is O=C(S)Cc1ccc2ccccc2n1. The maximum atomic E-state index is 10.8. The zero-order valence-corrected chi connectivity index (χ0v) is 8.37. The van der Waals surface area contributed by atoms with E-state index < -0.39 is 0 Å². The standard InChI is InChI=1S/C11H9NOS/c13-11(14)7-9-6-5-8-3-1-2-4-10(8)12-9/h1-6H,7H2,(H,13,14). The number of benzene rings is 1. The van der Waals surface area contributed by atoms with Gasteiger partial charge in [0.1, 0.15) is 0 Å². The number of hydrogen-bond donors (Lipinski definition) is 1. The predicted octanol–water partition coefficient (Wildman–Crippen LogP) is 2.23. The van der Waals surface area contributed by atoms with Gasteiger partial charge in [-0.3, -0.25) is 9.78 Å². The Labute approximate surface area is 87.4 Å². The van der Waals surface area contributed by atoms with Crippen molar-refractivity contribution in [1.29, 1.82) is 0 Å².